The van der Waals surface area contributed by atoms with Crippen LogP contribution in [0.2, 0.25) is 0 Å². The van der Waals surface area contributed by atoms with Gasteiger partial charge in [0.05, 0.1) is 11.7 Å². The predicted molar refractivity (Wildman–Crippen MR) is 77.1 cm³/mol. The van der Waals surface area contributed by atoms with Crippen molar-refractivity contribution in [2.24, 2.45) is 0 Å². The number of hydrogen-bond acceptors (Lipinski definition) is 4. The van der Waals surface area contributed by atoms with Gasteiger partial charge in [0.15, 0.2) is 11.3 Å². The van der Waals surface area contributed by atoms with E-state index in [4.69, 9.17) is 0 Å². The number of carboxylic acid groups (broad SMARTS) is 1. The number of nitrogens with zero attached hydrogens (tertiary/aromatic N) is 3. The number of halogens is 3. The minimum absolute atomic E-state index is 0.0854. The molecule has 0 saturated carbocycles. The average Bonchev–Trinajstić information content (AvgIpc) is 2.97. The van der Waals surface area contributed by atoms with E-state index in [1.807, 2.05) is 6.92 Å². The first kappa shape index (κ1) is 16.0. The van der Waals surface area contributed by atoms with E-state index in [-0.39, 0.29) is 11.3 Å². The zero-order valence-electron chi connectivity index (χ0n) is 12.5. The lowest BCUT2D eigenvalue weighted by atomic mass is 10.1. The van der Waals surface area contributed by atoms with E-state index in [9.17, 15) is 23.1 Å². The second-order valence-corrected chi connectivity index (χ2v) is 5.16. The molecule has 0 radical (unpaired) electrons. The SMILES string of the molecule is CCc1ccc(-c2cc(C(F)(F)F)n3nc(C(=O)[O-])cc3n2)cc1. The van der Waals surface area contributed by atoms with Crippen molar-refractivity contribution in [1.29, 1.82) is 0 Å². The average molecular weight is 334 g/mol. The first-order chi connectivity index (χ1) is 11.3. The summed E-state index contributed by atoms with van der Waals surface area (Å²) in [6.07, 6.45) is -3.91. The fraction of sp³-hybridized carbons (Fsp3) is 0.188. The minimum atomic E-state index is -4.71. The maximum absolute atomic E-state index is 13.3. The third kappa shape index (κ3) is 2.82. The molecule has 0 spiro atoms. The number of aromatic nitrogens is 3. The molecule has 24 heavy (non-hydrogen) atoms. The summed E-state index contributed by atoms with van der Waals surface area (Å²) in [6.45, 7) is 1.97. The fourth-order valence-corrected chi connectivity index (χ4v) is 2.34. The molecule has 0 saturated heterocycles. The molecule has 0 aliphatic rings. The zero-order chi connectivity index (χ0) is 17.5. The number of benzene rings is 1. The lowest BCUT2D eigenvalue weighted by Crippen LogP contribution is -2.23. The van der Waals surface area contributed by atoms with Gasteiger partial charge in [-0.15, -0.1) is 0 Å². The van der Waals surface area contributed by atoms with Crippen LogP contribution < -0.4 is 5.11 Å². The van der Waals surface area contributed by atoms with Crippen molar-refractivity contribution in [3.8, 4) is 11.3 Å². The van der Waals surface area contributed by atoms with Gasteiger partial charge in [-0.1, -0.05) is 31.2 Å². The highest BCUT2D eigenvalue weighted by atomic mass is 19.4. The Bertz CT molecular complexity index is 915. The number of aryl methyl sites for hydroxylation is 1. The zero-order valence-corrected chi connectivity index (χ0v) is 12.5. The summed E-state index contributed by atoms with van der Waals surface area (Å²) in [5.74, 6) is -1.66. The Morgan fingerprint density at radius 3 is 2.42 bits per heavy atom. The highest BCUT2D eigenvalue weighted by Gasteiger charge is 2.35. The fourth-order valence-electron chi connectivity index (χ4n) is 2.34. The van der Waals surface area contributed by atoms with Crippen LogP contribution in [0.15, 0.2) is 36.4 Å². The Morgan fingerprint density at radius 1 is 1.21 bits per heavy atom. The summed E-state index contributed by atoms with van der Waals surface area (Å²) >= 11 is 0. The Hall–Kier alpha value is -2.90. The van der Waals surface area contributed by atoms with Crippen LogP contribution in [0.3, 0.4) is 0 Å². The number of carbonyl (C=O) groups excluding carboxylic acids is 1. The summed E-state index contributed by atoms with van der Waals surface area (Å²) in [4.78, 5) is 14.9. The van der Waals surface area contributed by atoms with E-state index in [2.05, 4.69) is 10.1 Å². The molecule has 2 aromatic heterocycles. The maximum Gasteiger partial charge on any atom is 0.433 e. The van der Waals surface area contributed by atoms with Crippen molar-refractivity contribution in [2.45, 2.75) is 19.5 Å². The number of fused-ring (bicyclic) bond motifs is 1. The van der Waals surface area contributed by atoms with Crippen molar-refractivity contribution in [3.63, 3.8) is 0 Å². The molecule has 0 aliphatic carbocycles. The molecule has 3 aromatic rings. The monoisotopic (exact) mass is 334 g/mol. The second kappa shape index (κ2) is 5.63. The van der Waals surface area contributed by atoms with Crippen LogP contribution in [0.1, 0.15) is 28.7 Å². The Labute approximate surface area is 134 Å². The van der Waals surface area contributed by atoms with Gasteiger partial charge in [-0.05, 0) is 18.1 Å². The van der Waals surface area contributed by atoms with Crippen molar-refractivity contribution < 1.29 is 23.1 Å². The van der Waals surface area contributed by atoms with E-state index in [1.54, 1.807) is 24.3 Å². The van der Waals surface area contributed by atoms with Gasteiger partial charge in [0.2, 0.25) is 0 Å². The smallest absolute Gasteiger partial charge is 0.433 e. The van der Waals surface area contributed by atoms with Crippen LogP contribution >= 0.6 is 0 Å². The summed E-state index contributed by atoms with van der Waals surface area (Å²) in [5, 5.41) is 14.3. The molecule has 0 atom stereocenters. The number of carboxylic acids is 1. The van der Waals surface area contributed by atoms with E-state index in [0.717, 1.165) is 24.1 Å². The van der Waals surface area contributed by atoms with E-state index in [1.165, 1.54) is 0 Å². The number of carbonyl (C=O) groups is 1. The third-order valence-corrected chi connectivity index (χ3v) is 3.58. The Kier molecular flexibility index (Phi) is 3.75. The topological polar surface area (TPSA) is 70.3 Å². The molecule has 0 N–H and O–H groups in total. The maximum atomic E-state index is 13.3. The quantitative estimate of drug-likeness (QED) is 0.737. The molecule has 0 amide bonds. The molecule has 0 aliphatic heterocycles. The summed E-state index contributed by atoms with van der Waals surface area (Å²) < 4.78 is 40.3. The largest absolute Gasteiger partial charge is 0.543 e. The molecule has 8 heteroatoms. The lowest BCUT2D eigenvalue weighted by molar-refractivity contribution is -0.255. The van der Waals surface area contributed by atoms with Crippen LogP contribution in [0.4, 0.5) is 13.2 Å². The van der Waals surface area contributed by atoms with Crippen LogP contribution in [0, 0.1) is 0 Å². The van der Waals surface area contributed by atoms with Crippen molar-refractivity contribution in [3.05, 3.63) is 53.3 Å². The molecule has 124 valence electrons. The molecule has 0 fully saturated rings. The molecule has 2 heterocycles. The highest BCUT2D eigenvalue weighted by Crippen LogP contribution is 2.32. The molecular weight excluding hydrogens is 323 g/mol. The molecular formula is C16H11F3N3O2-. The molecule has 0 unspecified atom stereocenters. The summed E-state index contributed by atoms with van der Waals surface area (Å²) in [5.41, 5.74) is -0.294. The van der Waals surface area contributed by atoms with E-state index < -0.39 is 23.5 Å². The third-order valence-electron chi connectivity index (χ3n) is 3.58. The van der Waals surface area contributed by atoms with Crippen LogP contribution in [-0.4, -0.2) is 20.6 Å². The second-order valence-electron chi connectivity index (χ2n) is 5.16. The van der Waals surface area contributed by atoms with Crippen LogP contribution in [0.25, 0.3) is 16.9 Å². The van der Waals surface area contributed by atoms with Gasteiger partial charge in [-0.25, -0.2) is 9.50 Å². The van der Waals surface area contributed by atoms with Crippen molar-refractivity contribution in [2.75, 3.05) is 0 Å². The summed E-state index contributed by atoms with van der Waals surface area (Å²) in [6, 6.07) is 8.76. The first-order valence-electron chi connectivity index (χ1n) is 7.08. The number of rotatable bonds is 3. The van der Waals surface area contributed by atoms with Crippen molar-refractivity contribution in [1.82, 2.24) is 14.6 Å². The van der Waals surface area contributed by atoms with Crippen LogP contribution in [0.5, 0.6) is 0 Å². The normalized spacial score (nSPS) is 11.8. The number of hydrogen-bond donors (Lipinski definition) is 0. The molecule has 1 aromatic carbocycles. The van der Waals surface area contributed by atoms with Gasteiger partial charge in [-0.3, -0.25) is 0 Å². The standard InChI is InChI=1S/C16H12F3N3O2/c1-2-9-3-5-10(6-4-9)11-7-13(16(17,18)19)22-14(20-11)8-12(21-22)15(23)24/h3-8H,2H2,1H3,(H,23,24)/p-1. The van der Waals surface area contributed by atoms with Gasteiger partial charge in [0, 0.05) is 11.6 Å². The van der Waals surface area contributed by atoms with Gasteiger partial charge >= 0.3 is 6.18 Å². The van der Waals surface area contributed by atoms with E-state index >= 15 is 0 Å². The number of aromatic carboxylic acids is 1. The molecule has 0 bridgehead atoms. The van der Waals surface area contributed by atoms with Gasteiger partial charge in [0.1, 0.15) is 5.69 Å². The van der Waals surface area contributed by atoms with Crippen molar-refractivity contribution >= 4 is 11.6 Å². The van der Waals surface area contributed by atoms with E-state index in [0.29, 0.717) is 10.1 Å². The molecule has 3 rings (SSSR count). The highest BCUT2D eigenvalue weighted by molar-refractivity contribution is 5.85. The Balaban J connectivity index is 2.23. The minimum Gasteiger partial charge on any atom is -0.543 e. The lowest BCUT2D eigenvalue weighted by Gasteiger charge is -2.11. The van der Waals surface area contributed by atoms with Gasteiger partial charge in [-0.2, -0.15) is 18.3 Å². The Morgan fingerprint density at radius 2 is 1.88 bits per heavy atom. The molecule has 5 nitrogen and oxygen atoms in total. The first-order valence-corrected chi connectivity index (χ1v) is 7.08. The number of alkyl halides is 3. The predicted octanol–water partition coefficient (Wildman–Crippen LogP) is 2.34. The van der Waals surface area contributed by atoms with Gasteiger partial charge in [0.25, 0.3) is 0 Å². The summed E-state index contributed by atoms with van der Waals surface area (Å²) in [7, 11) is 0. The van der Waals surface area contributed by atoms with Crippen LogP contribution in [-0.2, 0) is 12.6 Å². The van der Waals surface area contributed by atoms with Gasteiger partial charge < -0.3 is 9.90 Å².